The number of aliphatic carboxylic acids is 1. The second kappa shape index (κ2) is 15.3. The number of rotatable bonds is 14. The third kappa shape index (κ3) is 9.62. The van der Waals surface area contributed by atoms with Crippen LogP contribution in [0.3, 0.4) is 0 Å². The number of aryl methyl sites for hydroxylation is 1. The van der Waals surface area contributed by atoms with Crippen LogP contribution in [0.1, 0.15) is 79.8 Å². The van der Waals surface area contributed by atoms with Crippen molar-refractivity contribution in [3.63, 3.8) is 0 Å². The third-order valence-electron chi connectivity index (χ3n) is 9.11. The van der Waals surface area contributed by atoms with Gasteiger partial charge in [-0.3, -0.25) is 9.69 Å². The second-order valence-electron chi connectivity index (χ2n) is 12.6. The lowest BCUT2D eigenvalue weighted by molar-refractivity contribution is -0.139. The maximum atomic E-state index is 13.5. The minimum atomic E-state index is -3.38. The molecule has 2 fully saturated rings. The lowest BCUT2D eigenvalue weighted by Gasteiger charge is -2.27. The van der Waals surface area contributed by atoms with Crippen molar-refractivity contribution in [2.45, 2.75) is 83.8 Å². The third-order valence-corrected chi connectivity index (χ3v) is 10.1. The first kappa shape index (κ1) is 33.1. The monoisotopic (exact) mass is 612 g/mol. The first-order chi connectivity index (χ1) is 20.5. The molecule has 0 spiro atoms. The van der Waals surface area contributed by atoms with Gasteiger partial charge in [0, 0.05) is 37.6 Å². The molecule has 0 radical (unpaired) electrons. The molecule has 4 rings (SSSR count). The van der Waals surface area contributed by atoms with Crippen LogP contribution in [-0.4, -0.2) is 74.2 Å². The van der Waals surface area contributed by atoms with Crippen molar-refractivity contribution in [1.29, 1.82) is 0 Å². The fourth-order valence-corrected chi connectivity index (χ4v) is 7.19. The normalized spacial score (nSPS) is 20.6. The quantitative estimate of drug-likeness (QED) is 0.291. The molecule has 0 bridgehead atoms. The molecule has 1 saturated carbocycles. The highest BCUT2D eigenvalue weighted by Crippen LogP contribution is 2.32. The Morgan fingerprint density at radius 1 is 1.05 bits per heavy atom. The summed E-state index contributed by atoms with van der Waals surface area (Å²) in [5, 5.41) is 12.2. The van der Waals surface area contributed by atoms with Gasteiger partial charge in [0.05, 0.1) is 12.4 Å². The van der Waals surface area contributed by atoms with Gasteiger partial charge in [0.1, 0.15) is 15.9 Å². The van der Waals surface area contributed by atoms with Gasteiger partial charge in [0.25, 0.3) is 5.91 Å². The molecular formula is C34H48N2O6S. The lowest BCUT2D eigenvalue weighted by Crippen LogP contribution is -2.42. The lowest BCUT2D eigenvalue weighted by atomic mass is 9.90. The zero-order valence-electron chi connectivity index (χ0n) is 25.9. The SMILES string of the molecule is CCC1C[C@@H](COCC2CCCCC2)N(Cc2ccc(C(=O)NC(CCS(C)(=O)=O)C(=O)O)c(-c3ccccc3C)c2)C1. The number of carboxylic acids is 1. The number of nitrogens with one attached hydrogen (secondary N) is 1. The number of carboxylic acid groups (broad SMARTS) is 1. The molecular weight excluding hydrogens is 564 g/mol. The van der Waals surface area contributed by atoms with Crippen molar-refractivity contribution in [2.24, 2.45) is 11.8 Å². The van der Waals surface area contributed by atoms with E-state index in [1.165, 1.54) is 32.1 Å². The average Bonchev–Trinajstić information content (AvgIpc) is 3.36. The van der Waals surface area contributed by atoms with Crippen LogP contribution in [0.25, 0.3) is 11.1 Å². The van der Waals surface area contributed by atoms with Crippen LogP contribution < -0.4 is 5.32 Å². The first-order valence-corrected chi connectivity index (χ1v) is 17.8. The molecule has 1 aliphatic carbocycles. The van der Waals surface area contributed by atoms with Crippen LogP contribution >= 0.6 is 0 Å². The molecule has 9 heteroatoms. The van der Waals surface area contributed by atoms with Gasteiger partial charge < -0.3 is 15.2 Å². The zero-order valence-corrected chi connectivity index (χ0v) is 26.7. The number of benzene rings is 2. The number of carbonyl (C=O) groups is 2. The summed E-state index contributed by atoms with van der Waals surface area (Å²) in [5.74, 6) is -0.806. The van der Waals surface area contributed by atoms with Crippen LogP contribution in [0.4, 0.5) is 0 Å². The number of hydrogen-bond acceptors (Lipinski definition) is 6. The summed E-state index contributed by atoms with van der Waals surface area (Å²) in [6, 6.07) is 12.6. The molecule has 43 heavy (non-hydrogen) atoms. The zero-order chi connectivity index (χ0) is 31.0. The molecule has 2 aliphatic rings. The Morgan fingerprint density at radius 3 is 2.47 bits per heavy atom. The largest absolute Gasteiger partial charge is 0.480 e. The molecule has 8 nitrogen and oxygen atoms in total. The van der Waals surface area contributed by atoms with E-state index < -0.39 is 27.8 Å². The van der Waals surface area contributed by atoms with Gasteiger partial charge in [-0.1, -0.05) is 62.9 Å². The number of hydrogen-bond donors (Lipinski definition) is 2. The fraction of sp³-hybridized carbons (Fsp3) is 0.588. The summed E-state index contributed by atoms with van der Waals surface area (Å²) >= 11 is 0. The smallest absolute Gasteiger partial charge is 0.326 e. The van der Waals surface area contributed by atoms with E-state index in [1.54, 1.807) is 6.07 Å². The van der Waals surface area contributed by atoms with Gasteiger partial charge in [0.15, 0.2) is 0 Å². The Labute approximate surface area is 257 Å². The van der Waals surface area contributed by atoms with Gasteiger partial charge in [-0.25, -0.2) is 13.2 Å². The van der Waals surface area contributed by atoms with Gasteiger partial charge in [-0.15, -0.1) is 0 Å². The Morgan fingerprint density at radius 2 is 1.79 bits per heavy atom. The highest BCUT2D eigenvalue weighted by molar-refractivity contribution is 7.90. The summed E-state index contributed by atoms with van der Waals surface area (Å²) in [6.07, 6.45) is 9.64. The van der Waals surface area contributed by atoms with Crippen LogP contribution in [0.2, 0.25) is 0 Å². The summed E-state index contributed by atoms with van der Waals surface area (Å²) < 4.78 is 29.6. The topological polar surface area (TPSA) is 113 Å². The Bertz CT molecular complexity index is 1350. The second-order valence-corrected chi connectivity index (χ2v) is 14.9. The van der Waals surface area contributed by atoms with Gasteiger partial charge >= 0.3 is 5.97 Å². The number of ether oxygens (including phenoxy) is 1. The average molecular weight is 613 g/mol. The molecule has 2 unspecified atom stereocenters. The van der Waals surface area contributed by atoms with E-state index in [4.69, 9.17) is 4.74 Å². The van der Waals surface area contributed by atoms with Crippen molar-refractivity contribution in [2.75, 3.05) is 31.8 Å². The highest BCUT2D eigenvalue weighted by Gasteiger charge is 2.32. The molecule has 2 aromatic rings. The number of carbonyl (C=O) groups excluding carboxylic acids is 1. The molecule has 0 aromatic heterocycles. The predicted octanol–water partition coefficient (Wildman–Crippen LogP) is 5.48. The van der Waals surface area contributed by atoms with E-state index in [0.29, 0.717) is 23.4 Å². The predicted molar refractivity (Wildman–Crippen MR) is 170 cm³/mol. The molecule has 1 amide bonds. The minimum absolute atomic E-state index is 0.199. The molecule has 3 atom stereocenters. The van der Waals surface area contributed by atoms with Crippen molar-refractivity contribution in [3.05, 3.63) is 59.2 Å². The molecule has 1 heterocycles. The van der Waals surface area contributed by atoms with E-state index in [-0.39, 0.29) is 12.2 Å². The van der Waals surface area contributed by atoms with E-state index >= 15 is 0 Å². The van der Waals surface area contributed by atoms with Crippen molar-refractivity contribution in [3.8, 4) is 11.1 Å². The van der Waals surface area contributed by atoms with Crippen LogP contribution in [0, 0.1) is 18.8 Å². The Kier molecular flexibility index (Phi) is 11.8. The van der Waals surface area contributed by atoms with Crippen molar-refractivity contribution >= 4 is 21.7 Å². The summed E-state index contributed by atoms with van der Waals surface area (Å²) in [6.45, 7) is 7.57. The van der Waals surface area contributed by atoms with Crippen LogP contribution in [0.5, 0.6) is 0 Å². The number of sulfone groups is 1. The van der Waals surface area contributed by atoms with E-state index in [2.05, 4.69) is 17.1 Å². The summed E-state index contributed by atoms with van der Waals surface area (Å²) in [7, 11) is -3.38. The molecule has 2 aromatic carbocycles. The molecule has 1 aliphatic heterocycles. The Balaban J connectivity index is 1.54. The van der Waals surface area contributed by atoms with E-state index in [9.17, 15) is 23.1 Å². The van der Waals surface area contributed by atoms with Gasteiger partial charge in [-0.2, -0.15) is 0 Å². The molecule has 2 N–H and O–H groups in total. The van der Waals surface area contributed by atoms with Crippen LogP contribution in [-0.2, 0) is 25.9 Å². The summed E-state index contributed by atoms with van der Waals surface area (Å²) in [4.78, 5) is 27.8. The summed E-state index contributed by atoms with van der Waals surface area (Å²) in [5.41, 5.74) is 4.08. The van der Waals surface area contributed by atoms with E-state index in [1.807, 2.05) is 43.3 Å². The van der Waals surface area contributed by atoms with Crippen LogP contribution in [0.15, 0.2) is 42.5 Å². The standard InChI is InChI=1S/C34H48N2O6S/c1-4-25-18-28(23-42-22-26-11-6-5-7-12-26)36(20-25)21-27-14-15-30(31(19-27)29-13-9-8-10-24(29)2)33(37)35-32(34(38)39)16-17-43(3,40)41/h8-10,13-15,19,25-26,28,32H,4-7,11-12,16-18,20-23H2,1-3H3,(H,35,37)(H,38,39)/t25?,28-,32?/m0/s1. The van der Waals surface area contributed by atoms with Gasteiger partial charge in [-0.05, 0) is 78.8 Å². The molecule has 1 saturated heterocycles. The first-order valence-electron chi connectivity index (χ1n) is 15.8. The van der Waals surface area contributed by atoms with Crippen molar-refractivity contribution in [1.82, 2.24) is 10.2 Å². The van der Waals surface area contributed by atoms with Gasteiger partial charge in [0.2, 0.25) is 0 Å². The Hall–Kier alpha value is -2.75. The minimum Gasteiger partial charge on any atom is -0.480 e. The highest BCUT2D eigenvalue weighted by atomic mass is 32.2. The van der Waals surface area contributed by atoms with E-state index in [0.717, 1.165) is 67.7 Å². The number of amides is 1. The van der Waals surface area contributed by atoms with Crippen molar-refractivity contribution < 1.29 is 27.9 Å². The maximum absolute atomic E-state index is 13.5. The maximum Gasteiger partial charge on any atom is 0.326 e. The fourth-order valence-electron chi connectivity index (χ4n) is 6.52. The molecule has 236 valence electrons. The number of likely N-dealkylation sites (tertiary alicyclic amines) is 1. The number of nitrogens with zero attached hydrogens (tertiary/aromatic N) is 1.